The zero-order valence-electron chi connectivity index (χ0n) is 17.0. The largest absolute Gasteiger partial charge is 0.471 e. The van der Waals surface area contributed by atoms with E-state index in [0.29, 0.717) is 0 Å². The molecule has 0 bridgehead atoms. The Morgan fingerprint density at radius 3 is 2.45 bits per heavy atom. The topological polar surface area (TPSA) is 56.8 Å². The highest BCUT2D eigenvalue weighted by atomic mass is 35.5. The Balaban J connectivity index is 2.64. The van der Waals surface area contributed by atoms with Crippen molar-refractivity contribution < 1.29 is 36.3 Å². The minimum Gasteiger partial charge on any atom is -0.414 e. The first-order valence-electron chi connectivity index (χ1n) is 8.98. The highest BCUT2D eigenvalue weighted by Crippen LogP contribution is 2.37. The van der Waals surface area contributed by atoms with Crippen molar-refractivity contribution in [2.24, 2.45) is 0 Å². The molecule has 0 spiro atoms. The van der Waals surface area contributed by atoms with Gasteiger partial charge in [0.2, 0.25) is 0 Å². The number of carbonyl (C=O) groups is 1. The van der Waals surface area contributed by atoms with Gasteiger partial charge in [-0.15, -0.1) is 0 Å². The molecule has 1 amide bonds. The van der Waals surface area contributed by atoms with Gasteiger partial charge in [0.1, 0.15) is 24.4 Å². The number of carbonyl (C=O) groups excluding carboxylic acids is 1. The monoisotopic (exact) mass is 458 g/mol. The van der Waals surface area contributed by atoms with E-state index in [1.54, 1.807) is 5.32 Å². The summed E-state index contributed by atoms with van der Waals surface area (Å²) in [5.74, 6) is 2.61. The van der Waals surface area contributed by atoms with E-state index in [0.717, 1.165) is 0 Å². The van der Waals surface area contributed by atoms with Gasteiger partial charge in [-0.2, -0.15) is 19.0 Å². The molecule has 1 N–H and O–H groups in total. The van der Waals surface area contributed by atoms with E-state index < -0.39 is 51.3 Å². The number of halogens is 5. The molecule has 5 nitrogen and oxygen atoms in total. The molecule has 0 aromatic rings. The second-order valence-corrected chi connectivity index (χ2v) is 13.1. The van der Waals surface area contributed by atoms with E-state index in [9.17, 15) is 22.4 Å². The van der Waals surface area contributed by atoms with Gasteiger partial charge >= 0.3 is 12.1 Å². The smallest absolute Gasteiger partial charge is 0.414 e. The predicted molar refractivity (Wildman–Crippen MR) is 105 cm³/mol. The fourth-order valence-electron chi connectivity index (χ4n) is 2.21. The molecule has 165 valence electrons. The van der Waals surface area contributed by atoms with Gasteiger partial charge in [-0.3, -0.25) is 4.79 Å². The Hall–Kier alpha value is -0.798. The number of hydrogen-bond acceptors (Lipinski definition) is 4. The van der Waals surface area contributed by atoms with E-state index in [-0.39, 0.29) is 17.7 Å². The maximum atomic E-state index is 14.7. The second-order valence-electron chi connectivity index (χ2n) is 8.06. The minimum absolute atomic E-state index is 0.0403. The van der Waals surface area contributed by atoms with Crippen molar-refractivity contribution in [3.8, 4) is 11.7 Å². The molecular weight excluding hydrogens is 433 g/mol. The van der Waals surface area contributed by atoms with E-state index in [2.05, 4.69) is 45.6 Å². The number of rotatable bonds is 7. The minimum atomic E-state index is -4.98. The third kappa shape index (κ3) is 7.75. The first-order chi connectivity index (χ1) is 13.2. The summed E-state index contributed by atoms with van der Waals surface area (Å²) < 4.78 is 67.9. The summed E-state index contributed by atoms with van der Waals surface area (Å²) in [4.78, 5) is 10.7. The van der Waals surface area contributed by atoms with Gasteiger partial charge < -0.3 is 19.2 Å². The normalized spacial score (nSPS) is 25.3. The van der Waals surface area contributed by atoms with Crippen LogP contribution < -0.4 is 5.32 Å². The van der Waals surface area contributed by atoms with E-state index in [1.165, 1.54) is 7.28 Å². The van der Waals surface area contributed by atoms with Crippen LogP contribution in [0.2, 0.25) is 18.1 Å². The van der Waals surface area contributed by atoms with Crippen LogP contribution in [-0.4, -0.2) is 71.3 Å². The van der Waals surface area contributed by atoms with Crippen molar-refractivity contribution in [2.75, 3.05) is 19.2 Å². The first kappa shape index (κ1) is 26.2. The highest BCUT2D eigenvalue weighted by Gasteiger charge is 2.47. The maximum absolute atomic E-state index is 14.7. The van der Waals surface area contributed by atoms with Gasteiger partial charge in [0, 0.05) is 0 Å². The van der Waals surface area contributed by atoms with Crippen molar-refractivity contribution >= 4 is 33.1 Å². The van der Waals surface area contributed by atoms with Gasteiger partial charge in [-0.1, -0.05) is 38.3 Å². The fraction of sp³-hybridized carbons (Fsp3) is 0.824. The fourth-order valence-corrected chi connectivity index (χ4v) is 3.37. The number of hydrogen-bond donors (Lipinski definition) is 1. The quantitative estimate of drug-likeness (QED) is 0.276. The van der Waals surface area contributed by atoms with Crippen LogP contribution in [0.25, 0.3) is 0 Å². The molecule has 1 heterocycles. The van der Waals surface area contributed by atoms with Crippen molar-refractivity contribution in [2.45, 2.75) is 69.5 Å². The summed E-state index contributed by atoms with van der Waals surface area (Å²) in [5.41, 5.74) is 0. The molecule has 1 rings (SSSR count). The molecule has 1 aliphatic rings. The number of nitrogens with one attached hydrogen (secondary N) is 1. The van der Waals surface area contributed by atoms with Crippen LogP contribution in [0.1, 0.15) is 20.8 Å². The molecule has 1 radical (unpaired) electrons. The summed E-state index contributed by atoms with van der Waals surface area (Å²) in [5, 5.41) is 1.56. The lowest BCUT2D eigenvalue weighted by molar-refractivity contribution is -0.173. The number of alkyl halides is 5. The molecule has 0 aromatic carbocycles. The van der Waals surface area contributed by atoms with Crippen molar-refractivity contribution in [3.05, 3.63) is 0 Å². The summed E-state index contributed by atoms with van der Waals surface area (Å²) in [6.45, 7) is 9.92. The average Bonchev–Trinajstić information content (AvgIpc) is 2.87. The van der Waals surface area contributed by atoms with Crippen molar-refractivity contribution in [1.29, 1.82) is 0 Å². The summed E-state index contributed by atoms with van der Waals surface area (Å²) in [6, 6.07) is -1.28. The Morgan fingerprint density at radius 1 is 1.31 bits per heavy atom. The Bertz CT molecular complexity index is 621. The van der Waals surface area contributed by atoms with Gasteiger partial charge in [-0.05, 0) is 18.1 Å². The zero-order valence-corrected chi connectivity index (χ0v) is 18.8. The van der Waals surface area contributed by atoms with Gasteiger partial charge in [0.25, 0.3) is 7.28 Å². The van der Waals surface area contributed by atoms with Crippen LogP contribution in [0.4, 0.5) is 17.6 Å². The third-order valence-corrected chi connectivity index (χ3v) is 9.57. The summed E-state index contributed by atoms with van der Waals surface area (Å²) in [7, 11) is -0.911. The molecule has 1 unspecified atom stereocenters. The van der Waals surface area contributed by atoms with Crippen LogP contribution in [0.5, 0.6) is 0 Å². The lowest BCUT2D eigenvalue weighted by atomic mass is 9.70. The van der Waals surface area contributed by atoms with Crippen molar-refractivity contribution in [3.63, 3.8) is 0 Å². The van der Waals surface area contributed by atoms with Gasteiger partial charge in [0.05, 0.1) is 19.2 Å². The van der Waals surface area contributed by atoms with Crippen LogP contribution in [-0.2, 0) is 18.7 Å². The number of amides is 1. The molecule has 0 aliphatic carbocycles. The molecule has 1 fully saturated rings. The Morgan fingerprint density at radius 2 is 1.93 bits per heavy atom. The Labute approximate surface area is 175 Å². The van der Waals surface area contributed by atoms with Gasteiger partial charge in [-0.25, -0.2) is 4.39 Å². The third-order valence-electron chi connectivity index (χ3n) is 4.94. The summed E-state index contributed by atoms with van der Waals surface area (Å²) >= 11 is 5.59. The van der Waals surface area contributed by atoms with E-state index in [1.807, 2.05) is 0 Å². The molecule has 4 atom stereocenters. The first-order valence-corrected chi connectivity index (χ1v) is 12.4. The second kappa shape index (κ2) is 10.5. The van der Waals surface area contributed by atoms with Crippen LogP contribution in [0.3, 0.4) is 0 Å². The lowest BCUT2D eigenvalue weighted by Gasteiger charge is -2.37. The molecular formula is C17H26BClF4NO4Si. The molecule has 0 aromatic heterocycles. The molecule has 1 saturated heterocycles. The van der Waals surface area contributed by atoms with Crippen LogP contribution in [0, 0.1) is 11.7 Å². The lowest BCUT2D eigenvalue weighted by Crippen LogP contribution is -2.44. The molecule has 1 aliphatic heterocycles. The highest BCUT2D eigenvalue weighted by molar-refractivity contribution is 6.74. The van der Waals surface area contributed by atoms with Crippen molar-refractivity contribution in [1.82, 2.24) is 5.32 Å². The van der Waals surface area contributed by atoms with Crippen LogP contribution >= 0.6 is 11.6 Å². The Kier molecular flexibility index (Phi) is 9.49. The zero-order chi connectivity index (χ0) is 22.5. The van der Waals surface area contributed by atoms with Crippen LogP contribution in [0.15, 0.2) is 0 Å². The SMILES string of the molecule is CC(C)(C)[Si](C)(C)OC[C@H]1O[C@@H]([B]C#CCNC(=O)C(F)(F)F)[C@@H](F)C1OCCl. The molecule has 29 heavy (non-hydrogen) atoms. The molecule has 12 heteroatoms. The predicted octanol–water partition coefficient (Wildman–Crippen LogP) is 3.00. The van der Waals surface area contributed by atoms with Gasteiger partial charge in [0.15, 0.2) is 8.32 Å². The maximum Gasteiger partial charge on any atom is 0.471 e. The van der Waals surface area contributed by atoms with E-state index in [4.69, 9.17) is 25.5 Å². The average molecular weight is 459 g/mol. The van der Waals surface area contributed by atoms with E-state index >= 15 is 0 Å². The standard InChI is InChI=1S/C17H26BClF4NO4Si/c1-16(2,3)29(4,5)27-9-11-13(26-10-19)12(20)14(28-11)18-7-6-8-24-15(25)17(21,22)23/h11-14H,8-10H2,1-5H3,(H,24,25)/t11-,12+,13?,14-/m1/s1. The molecule has 0 saturated carbocycles. The summed E-state index contributed by atoms with van der Waals surface area (Å²) in [6.07, 6.45) is -8.20. The number of ether oxygens (including phenoxy) is 2.